The molecule has 0 saturated carbocycles. The first kappa shape index (κ1) is 14.2. The first-order chi connectivity index (χ1) is 9.15. The highest BCUT2D eigenvalue weighted by atomic mass is 32.1. The van der Waals surface area contributed by atoms with Crippen molar-refractivity contribution < 1.29 is 0 Å². The maximum atomic E-state index is 5.61. The Morgan fingerprint density at radius 1 is 1.53 bits per heavy atom. The van der Waals surface area contributed by atoms with Gasteiger partial charge in [-0.25, -0.2) is 4.98 Å². The van der Waals surface area contributed by atoms with Crippen molar-refractivity contribution in [2.24, 2.45) is 11.7 Å². The van der Waals surface area contributed by atoms with E-state index >= 15 is 0 Å². The Labute approximate surface area is 120 Å². The molecule has 1 fully saturated rings. The highest BCUT2D eigenvalue weighted by Gasteiger charge is 2.15. The number of anilines is 1. The number of aromatic nitrogens is 1. The molecule has 0 spiro atoms. The van der Waals surface area contributed by atoms with Crippen LogP contribution in [0.2, 0.25) is 0 Å². The van der Waals surface area contributed by atoms with E-state index in [2.05, 4.69) is 22.2 Å². The average Bonchev–Trinajstić information content (AvgIpc) is 2.41. The minimum Gasteiger partial charge on any atom is -0.389 e. The quantitative estimate of drug-likeness (QED) is 0.805. The third-order valence-electron chi connectivity index (χ3n) is 3.74. The molecule has 0 radical (unpaired) electrons. The van der Waals surface area contributed by atoms with Crippen LogP contribution in [0.15, 0.2) is 18.3 Å². The number of piperidine rings is 1. The van der Waals surface area contributed by atoms with Gasteiger partial charge < -0.3 is 16.0 Å². The number of rotatable bonds is 5. The van der Waals surface area contributed by atoms with Crippen LogP contribution in [-0.2, 0) is 0 Å². The van der Waals surface area contributed by atoms with Gasteiger partial charge in [0.05, 0.1) is 0 Å². The predicted octanol–water partition coefficient (Wildman–Crippen LogP) is 1.86. The summed E-state index contributed by atoms with van der Waals surface area (Å²) in [6, 6.07) is 3.75. The number of nitrogens with zero attached hydrogens (tertiary/aromatic N) is 2. The summed E-state index contributed by atoms with van der Waals surface area (Å²) in [5, 5.41) is 3.36. The van der Waals surface area contributed by atoms with E-state index in [1.54, 1.807) is 6.20 Å². The maximum absolute atomic E-state index is 5.61. The van der Waals surface area contributed by atoms with Crippen LogP contribution < -0.4 is 11.1 Å². The Morgan fingerprint density at radius 2 is 2.26 bits per heavy atom. The lowest BCUT2D eigenvalue weighted by atomic mass is 9.94. The molecule has 0 atom stereocenters. The van der Waals surface area contributed by atoms with Gasteiger partial charge in [0.1, 0.15) is 10.8 Å². The lowest BCUT2D eigenvalue weighted by molar-refractivity contribution is 0.215. The molecule has 2 heterocycles. The second-order valence-corrected chi connectivity index (χ2v) is 5.70. The Balaban J connectivity index is 1.76. The summed E-state index contributed by atoms with van der Waals surface area (Å²) >= 11 is 4.97. The summed E-state index contributed by atoms with van der Waals surface area (Å²) in [4.78, 5) is 7.10. The van der Waals surface area contributed by atoms with Gasteiger partial charge in [0.2, 0.25) is 0 Å². The molecule has 104 valence electrons. The third-order valence-corrected chi connectivity index (χ3v) is 3.98. The summed E-state index contributed by atoms with van der Waals surface area (Å²) in [5.41, 5.74) is 6.48. The normalized spacial score (nSPS) is 17.3. The van der Waals surface area contributed by atoms with Crippen LogP contribution in [0.4, 0.5) is 5.82 Å². The lowest BCUT2D eigenvalue weighted by Crippen LogP contribution is -2.30. The number of thiocarbonyl (C=S) groups is 1. The first-order valence-corrected chi connectivity index (χ1v) is 7.24. The van der Waals surface area contributed by atoms with Gasteiger partial charge in [0.15, 0.2) is 0 Å². The largest absolute Gasteiger partial charge is 0.389 e. The molecule has 2 rings (SSSR count). The molecule has 0 aliphatic carbocycles. The molecule has 1 aromatic rings. The van der Waals surface area contributed by atoms with Gasteiger partial charge in [-0.3, -0.25) is 0 Å². The van der Waals surface area contributed by atoms with E-state index in [9.17, 15) is 0 Å². The number of nitrogens with one attached hydrogen (secondary N) is 1. The number of pyridine rings is 1. The van der Waals surface area contributed by atoms with Crippen molar-refractivity contribution in [3.63, 3.8) is 0 Å². The van der Waals surface area contributed by atoms with Crippen molar-refractivity contribution in [3.05, 3.63) is 23.9 Å². The smallest absolute Gasteiger partial charge is 0.126 e. The number of likely N-dealkylation sites (tertiary alicyclic amines) is 1. The number of hydrogen-bond acceptors (Lipinski definition) is 4. The molecular formula is C14H22N4S. The van der Waals surface area contributed by atoms with Gasteiger partial charge in [-0.2, -0.15) is 0 Å². The van der Waals surface area contributed by atoms with Crippen LogP contribution in [-0.4, -0.2) is 41.6 Å². The number of nitrogens with two attached hydrogens (primary N) is 1. The van der Waals surface area contributed by atoms with Crippen LogP contribution in [0.1, 0.15) is 24.8 Å². The molecule has 4 nitrogen and oxygen atoms in total. The van der Waals surface area contributed by atoms with E-state index in [1.807, 2.05) is 12.1 Å². The number of hydrogen-bond donors (Lipinski definition) is 2. The van der Waals surface area contributed by atoms with E-state index in [-0.39, 0.29) is 0 Å². The van der Waals surface area contributed by atoms with Crippen molar-refractivity contribution in [3.8, 4) is 0 Å². The van der Waals surface area contributed by atoms with Crippen LogP contribution in [0.3, 0.4) is 0 Å². The molecule has 1 aliphatic heterocycles. The molecule has 1 aromatic heterocycles. The molecule has 0 amide bonds. The molecular weight excluding hydrogens is 256 g/mol. The molecule has 1 saturated heterocycles. The minimum absolute atomic E-state index is 0.417. The minimum atomic E-state index is 0.417. The van der Waals surface area contributed by atoms with Crippen molar-refractivity contribution in [2.75, 3.05) is 32.0 Å². The molecule has 19 heavy (non-hydrogen) atoms. The van der Waals surface area contributed by atoms with Crippen LogP contribution in [0.25, 0.3) is 0 Å². The van der Waals surface area contributed by atoms with Gasteiger partial charge in [0.25, 0.3) is 0 Å². The fourth-order valence-electron chi connectivity index (χ4n) is 2.44. The SMILES string of the molecule is CN1CCC(CCNc2cc(C(N)=S)ccn2)CC1. The Morgan fingerprint density at radius 3 is 2.95 bits per heavy atom. The van der Waals surface area contributed by atoms with Crippen LogP contribution in [0.5, 0.6) is 0 Å². The lowest BCUT2D eigenvalue weighted by Gasteiger charge is -2.28. The highest BCUT2D eigenvalue weighted by molar-refractivity contribution is 7.80. The summed E-state index contributed by atoms with van der Waals surface area (Å²) < 4.78 is 0. The predicted molar refractivity (Wildman–Crippen MR) is 83.5 cm³/mol. The van der Waals surface area contributed by atoms with Gasteiger partial charge in [0, 0.05) is 18.3 Å². The Kier molecular flexibility index (Phi) is 5.10. The van der Waals surface area contributed by atoms with Gasteiger partial charge in [-0.15, -0.1) is 0 Å². The molecule has 3 N–H and O–H groups in total. The van der Waals surface area contributed by atoms with E-state index in [0.29, 0.717) is 4.99 Å². The molecule has 0 aromatic carbocycles. The van der Waals surface area contributed by atoms with Crippen molar-refractivity contribution in [2.45, 2.75) is 19.3 Å². The highest BCUT2D eigenvalue weighted by Crippen LogP contribution is 2.19. The van der Waals surface area contributed by atoms with Crippen molar-refractivity contribution >= 4 is 23.0 Å². The van der Waals surface area contributed by atoms with E-state index in [1.165, 1.54) is 32.4 Å². The topological polar surface area (TPSA) is 54.2 Å². The van der Waals surface area contributed by atoms with Crippen LogP contribution >= 0.6 is 12.2 Å². The summed E-state index contributed by atoms with van der Waals surface area (Å²) in [5.74, 6) is 1.70. The Hall–Kier alpha value is -1.20. The maximum Gasteiger partial charge on any atom is 0.126 e. The van der Waals surface area contributed by atoms with Crippen molar-refractivity contribution in [1.29, 1.82) is 0 Å². The van der Waals surface area contributed by atoms with Gasteiger partial charge >= 0.3 is 0 Å². The summed E-state index contributed by atoms with van der Waals surface area (Å²) in [7, 11) is 2.19. The molecule has 1 aliphatic rings. The fourth-order valence-corrected chi connectivity index (χ4v) is 2.56. The third kappa shape index (κ3) is 4.44. The van der Waals surface area contributed by atoms with Gasteiger partial charge in [-0.05, 0) is 57.5 Å². The van der Waals surface area contributed by atoms with Crippen molar-refractivity contribution in [1.82, 2.24) is 9.88 Å². The summed E-state index contributed by atoms with van der Waals surface area (Å²) in [6.45, 7) is 3.40. The second-order valence-electron chi connectivity index (χ2n) is 5.26. The Bertz CT molecular complexity index is 427. The molecule has 0 bridgehead atoms. The summed E-state index contributed by atoms with van der Waals surface area (Å²) in [6.07, 6.45) is 5.55. The van der Waals surface area contributed by atoms with E-state index in [4.69, 9.17) is 18.0 Å². The zero-order valence-electron chi connectivity index (χ0n) is 11.4. The monoisotopic (exact) mass is 278 g/mol. The van der Waals surface area contributed by atoms with Crippen LogP contribution in [0, 0.1) is 5.92 Å². The van der Waals surface area contributed by atoms with E-state index < -0.39 is 0 Å². The first-order valence-electron chi connectivity index (χ1n) is 6.83. The molecule has 5 heteroatoms. The zero-order valence-corrected chi connectivity index (χ0v) is 12.2. The fraction of sp³-hybridized carbons (Fsp3) is 0.571. The molecule has 0 unspecified atom stereocenters. The van der Waals surface area contributed by atoms with Gasteiger partial charge in [-0.1, -0.05) is 12.2 Å². The second kappa shape index (κ2) is 6.82. The van der Waals surface area contributed by atoms with E-state index in [0.717, 1.165) is 23.8 Å². The zero-order chi connectivity index (χ0) is 13.7. The average molecular weight is 278 g/mol. The standard InChI is InChI=1S/C14H22N4S/c1-18-8-4-11(5-9-18)2-6-16-13-10-12(14(15)19)3-7-17-13/h3,7,10-11H,2,4-6,8-9H2,1H3,(H2,15,19)(H,16,17).